The van der Waals surface area contributed by atoms with E-state index in [1.807, 2.05) is 46.8 Å². The largest absolute Gasteiger partial charge is 0.350 e. The zero-order valence-electron chi connectivity index (χ0n) is 22.3. The van der Waals surface area contributed by atoms with Crippen molar-refractivity contribution in [1.82, 2.24) is 10.2 Å². The molecule has 0 aliphatic rings. The maximum atomic E-state index is 13.5. The van der Waals surface area contributed by atoms with Crippen molar-refractivity contribution >= 4 is 50.7 Å². The molecule has 2 amide bonds. The number of amides is 2. The fraction of sp³-hybridized carbons (Fsp3) is 0.481. The van der Waals surface area contributed by atoms with E-state index in [2.05, 4.69) is 5.32 Å². The molecular weight excluding hydrogens is 533 g/mol. The van der Waals surface area contributed by atoms with Crippen molar-refractivity contribution in [2.24, 2.45) is 0 Å². The summed E-state index contributed by atoms with van der Waals surface area (Å²) >= 11 is 12.8. The molecule has 10 heteroatoms. The van der Waals surface area contributed by atoms with Crippen LogP contribution in [0, 0.1) is 6.92 Å². The van der Waals surface area contributed by atoms with Gasteiger partial charge in [0.15, 0.2) is 0 Å². The van der Waals surface area contributed by atoms with Crippen LogP contribution >= 0.6 is 23.2 Å². The Kier molecular flexibility index (Phi) is 10.9. The number of hydrogen-bond donors (Lipinski definition) is 1. The van der Waals surface area contributed by atoms with Crippen LogP contribution in [0.15, 0.2) is 42.5 Å². The molecule has 0 heterocycles. The van der Waals surface area contributed by atoms with Crippen LogP contribution in [0.3, 0.4) is 0 Å². The highest BCUT2D eigenvalue weighted by molar-refractivity contribution is 7.92. The quantitative estimate of drug-likeness (QED) is 0.383. The van der Waals surface area contributed by atoms with Gasteiger partial charge in [0.2, 0.25) is 21.8 Å². The van der Waals surface area contributed by atoms with E-state index in [0.717, 1.165) is 11.8 Å². The van der Waals surface area contributed by atoms with E-state index in [1.165, 1.54) is 9.21 Å². The summed E-state index contributed by atoms with van der Waals surface area (Å²) in [5, 5.41) is 3.76. The third-order valence-electron chi connectivity index (χ3n) is 5.75. The van der Waals surface area contributed by atoms with Crippen LogP contribution in [-0.2, 0) is 26.2 Å². The summed E-state index contributed by atoms with van der Waals surface area (Å²) in [5.74, 6) is -0.562. The lowest BCUT2D eigenvalue weighted by Gasteiger charge is -2.33. The molecule has 204 valence electrons. The smallest absolute Gasteiger partial charge is 0.243 e. The molecule has 2 aromatic carbocycles. The molecule has 0 fully saturated rings. The van der Waals surface area contributed by atoms with Gasteiger partial charge in [0.25, 0.3) is 0 Å². The van der Waals surface area contributed by atoms with Gasteiger partial charge in [0.05, 0.1) is 11.9 Å². The highest BCUT2D eigenvalue weighted by Crippen LogP contribution is 2.28. The molecule has 2 rings (SSSR count). The van der Waals surface area contributed by atoms with Crippen LogP contribution in [0.2, 0.25) is 10.0 Å². The molecule has 0 aliphatic carbocycles. The lowest BCUT2D eigenvalue weighted by atomic mass is 10.0. The maximum Gasteiger partial charge on any atom is 0.243 e. The first-order valence-electron chi connectivity index (χ1n) is 12.2. The number of sulfonamides is 1. The Morgan fingerprint density at radius 2 is 1.59 bits per heavy atom. The molecule has 0 spiro atoms. The Balaban J connectivity index is 2.29. The van der Waals surface area contributed by atoms with Crippen LogP contribution in [0.1, 0.15) is 58.1 Å². The first-order chi connectivity index (χ1) is 17.1. The molecule has 0 saturated heterocycles. The molecule has 1 N–H and O–H groups in total. The number of halogens is 2. The Hall–Kier alpha value is -2.29. The van der Waals surface area contributed by atoms with Gasteiger partial charge in [-0.3, -0.25) is 13.9 Å². The predicted molar refractivity (Wildman–Crippen MR) is 152 cm³/mol. The van der Waals surface area contributed by atoms with Crippen molar-refractivity contribution in [2.75, 3.05) is 17.1 Å². The summed E-state index contributed by atoms with van der Waals surface area (Å²) in [6.07, 6.45) is 1.84. The van der Waals surface area contributed by atoms with Gasteiger partial charge in [-0.2, -0.15) is 0 Å². The summed E-state index contributed by atoms with van der Waals surface area (Å²) in [4.78, 5) is 28.2. The van der Waals surface area contributed by atoms with Crippen LogP contribution in [0.25, 0.3) is 0 Å². The summed E-state index contributed by atoms with van der Waals surface area (Å²) in [6.45, 7) is 9.57. The fourth-order valence-electron chi connectivity index (χ4n) is 3.94. The number of nitrogens with one attached hydrogen (secondary N) is 1. The normalized spacial score (nSPS) is 12.6. The van der Waals surface area contributed by atoms with Gasteiger partial charge >= 0.3 is 0 Å². The second kappa shape index (κ2) is 13.0. The Bertz CT molecular complexity index is 1170. The third kappa shape index (κ3) is 9.20. The minimum absolute atomic E-state index is 0.0409. The van der Waals surface area contributed by atoms with Gasteiger partial charge in [0.1, 0.15) is 6.04 Å². The summed E-state index contributed by atoms with van der Waals surface area (Å²) in [6, 6.07) is 11.5. The number of aryl methyl sites for hydroxylation is 1. The molecular formula is C27H37Cl2N3O4S. The van der Waals surface area contributed by atoms with Crippen LogP contribution < -0.4 is 9.62 Å². The van der Waals surface area contributed by atoms with Crippen molar-refractivity contribution in [3.05, 3.63) is 63.6 Å². The molecule has 7 nitrogen and oxygen atoms in total. The van der Waals surface area contributed by atoms with Crippen LogP contribution in [0.5, 0.6) is 0 Å². The number of anilines is 1. The topological polar surface area (TPSA) is 86.8 Å². The Morgan fingerprint density at radius 3 is 2.08 bits per heavy atom. The van der Waals surface area contributed by atoms with Gasteiger partial charge in [0, 0.05) is 40.7 Å². The molecule has 0 aliphatic heterocycles. The van der Waals surface area contributed by atoms with Gasteiger partial charge in [-0.1, -0.05) is 53.9 Å². The number of hydrogen-bond acceptors (Lipinski definition) is 4. The molecule has 0 radical (unpaired) electrons. The molecule has 37 heavy (non-hydrogen) atoms. The summed E-state index contributed by atoms with van der Waals surface area (Å²) in [7, 11) is -3.55. The average Bonchev–Trinajstić information content (AvgIpc) is 2.77. The van der Waals surface area contributed by atoms with E-state index in [9.17, 15) is 18.0 Å². The van der Waals surface area contributed by atoms with Crippen LogP contribution in [0.4, 0.5) is 5.69 Å². The first-order valence-corrected chi connectivity index (χ1v) is 14.8. The average molecular weight is 571 g/mol. The second-order valence-corrected chi connectivity index (χ2v) is 12.9. The highest BCUT2D eigenvalue weighted by atomic mass is 35.5. The molecule has 1 unspecified atom stereocenters. The molecule has 0 bridgehead atoms. The zero-order valence-corrected chi connectivity index (χ0v) is 24.7. The predicted octanol–water partition coefficient (Wildman–Crippen LogP) is 5.57. The molecule has 0 saturated carbocycles. The fourth-order valence-corrected chi connectivity index (χ4v) is 5.42. The number of benzene rings is 2. The minimum atomic E-state index is -3.55. The lowest BCUT2D eigenvalue weighted by Crippen LogP contribution is -2.53. The van der Waals surface area contributed by atoms with E-state index in [4.69, 9.17) is 23.2 Å². The van der Waals surface area contributed by atoms with Gasteiger partial charge in [-0.15, -0.1) is 0 Å². The molecule has 2 aromatic rings. The number of carbonyl (C=O) groups excluding carboxylic acids is 2. The molecule has 0 aromatic heterocycles. The van der Waals surface area contributed by atoms with Crippen molar-refractivity contribution < 1.29 is 18.0 Å². The van der Waals surface area contributed by atoms with Gasteiger partial charge < -0.3 is 10.2 Å². The third-order valence-corrected chi connectivity index (χ3v) is 7.65. The standard InChI is InChI=1S/C27H37Cl2N3O4S/c1-7-24(26(34)30-27(3,4)5)31(18-21-22(28)10-8-11-23(21)29)25(33)12-9-17-32(37(6,35)36)20-15-13-19(2)14-16-20/h8,10-11,13-16,24H,7,9,12,17-18H2,1-6H3,(H,30,34). The SMILES string of the molecule is CCC(C(=O)NC(C)(C)C)N(Cc1c(Cl)cccc1Cl)C(=O)CCCN(c1ccc(C)cc1)S(C)(=O)=O. The Labute approximate surface area is 231 Å². The van der Waals surface area contributed by atoms with E-state index in [0.29, 0.717) is 27.7 Å². The molecule has 1 atom stereocenters. The maximum absolute atomic E-state index is 13.5. The van der Waals surface area contributed by atoms with E-state index >= 15 is 0 Å². The van der Waals surface area contributed by atoms with E-state index in [-0.39, 0.29) is 37.7 Å². The van der Waals surface area contributed by atoms with Gasteiger partial charge in [-0.25, -0.2) is 8.42 Å². The number of rotatable bonds is 11. The minimum Gasteiger partial charge on any atom is -0.350 e. The summed E-state index contributed by atoms with van der Waals surface area (Å²) in [5.41, 5.74) is 1.63. The Morgan fingerprint density at radius 1 is 1.03 bits per heavy atom. The van der Waals surface area contributed by atoms with Crippen molar-refractivity contribution in [3.8, 4) is 0 Å². The zero-order chi connectivity index (χ0) is 28.0. The highest BCUT2D eigenvalue weighted by Gasteiger charge is 2.31. The van der Waals surface area contributed by atoms with E-state index < -0.39 is 21.6 Å². The first kappa shape index (κ1) is 30.9. The van der Waals surface area contributed by atoms with Crippen LogP contribution in [-0.4, -0.2) is 49.5 Å². The second-order valence-electron chi connectivity index (χ2n) is 10.2. The number of nitrogens with zero attached hydrogens (tertiary/aromatic N) is 2. The van der Waals surface area contributed by atoms with Crippen molar-refractivity contribution in [2.45, 2.75) is 72.0 Å². The summed E-state index contributed by atoms with van der Waals surface area (Å²) < 4.78 is 26.2. The lowest BCUT2D eigenvalue weighted by molar-refractivity contribution is -0.142. The van der Waals surface area contributed by atoms with Gasteiger partial charge in [-0.05, 0) is 64.8 Å². The monoisotopic (exact) mass is 569 g/mol. The number of carbonyl (C=O) groups is 2. The van der Waals surface area contributed by atoms with Crippen molar-refractivity contribution in [3.63, 3.8) is 0 Å². The van der Waals surface area contributed by atoms with E-state index in [1.54, 1.807) is 30.3 Å². The van der Waals surface area contributed by atoms with Crippen molar-refractivity contribution in [1.29, 1.82) is 0 Å².